The van der Waals surface area contributed by atoms with Crippen LogP contribution < -0.4 is 5.32 Å². The first-order chi connectivity index (χ1) is 12.5. The van der Waals surface area contributed by atoms with Gasteiger partial charge < -0.3 is 5.32 Å². The van der Waals surface area contributed by atoms with E-state index in [0.717, 1.165) is 35.6 Å². The van der Waals surface area contributed by atoms with Crippen LogP contribution in [0.1, 0.15) is 48.6 Å². The summed E-state index contributed by atoms with van der Waals surface area (Å²) in [6, 6.07) is 5.68. The monoisotopic (exact) mass is 357 g/mol. The van der Waals surface area contributed by atoms with Crippen molar-refractivity contribution in [3.05, 3.63) is 64.5 Å². The van der Waals surface area contributed by atoms with Gasteiger partial charge in [-0.05, 0) is 42.2 Å². The molecule has 3 rings (SSSR count). The van der Waals surface area contributed by atoms with Crippen LogP contribution >= 0.6 is 0 Å². The lowest BCUT2D eigenvalue weighted by Crippen LogP contribution is -2.22. The highest BCUT2D eigenvalue weighted by molar-refractivity contribution is 6.01. The molecule has 0 saturated heterocycles. The number of Topliss-reactive ketones (excluding diaryl/α,β-unsaturated/α-hetero) is 1. The Labute approximate surface area is 151 Å². The Balaban J connectivity index is 1.63. The van der Waals surface area contributed by atoms with Gasteiger partial charge in [0.25, 0.3) is 0 Å². The van der Waals surface area contributed by atoms with Crippen LogP contribution in [0.5, 0.6) is 0 Å². The molecule has 26 heavy (non-hydrogen) atoms. The van der Waals surface area contributed by atoms with Gasteiger partial charge >= 0.3 is 0 Å². The zero-order chi connectivity index (χ0) is 18.7. The van der Waals surface area contributed by atoms with Crippen LogP contribution in [0.3, 0.4) is 0 Å². The molecule has 136 valence electrons. The predicted octanol–water partition coefficient (Wildman–Crippen LogP) is 3.53. The lowest BCUT2D eigenvalue weighted by Gasteiger charge is -2.12. The number of amidine groups is 1. The van der Waals surface area contributed by atoms with Crippen LogP contribution in [-0.4, -0.2) is 23.1 Å². The number of carbonyl (C=O) groups is 1. The summed E-state index contributed by atoms with van der Waals surface area (Å²) in [6.45, 7) is 5.22. The van der Waals surface area contributed by atoms with E-state index in [4.69, 9.17) is 0 Å². The molecular formula is C20H21F2N3O. The average Bonchev–Trinajstić information content (AvgIpc) is 3.00. The zero-order valence-electron chi connectivity index (χ0n) is 14.9. The number of rotatable bonds is 6. The highest BCUT2D eigenvalue weighted by Gasteiger charge is 2.18. The molecule has 1 aromatic heterocycles. The van der Waals surface area contributed by atoms with E-state index in [9.17, 15) is 13.6 Å². The SMILES string of the molecule is CCNC1=NCc2cc(CC(=O)CC(C)c3ccc(F)c(F)c3)ncc21. The van der Waals surface area contributed by atoms with Crippen molar-refractivity contribution in [3.63, 3.8) is 0 Å². The fourth-order valence-electron chi connectivity index (χ4n) is 3.11. The second-order valence-corrected chi connectivity index (χ2v) is 6.52. The van der Waals surface area contributed by atoms with Crippen LogP contribution in [0.2, 0.25) is 0 Å². The van der Waals surface area contributed by atoms with Crippen molar-refractivity contribution in [2.24, 2.45) is 4.99 Å². The molecule has 0 spiro atoms. The molecule has 1 atom stereocenters. The molecule has 2 aromatic rings. The highest BCUT2D eigenvalue weighted by atomic mass is 19.2. The molecule has 0 fully saturated rings. The first-order valence-electron chi connectivity index (χ1n) is 8.71. The van der Waals surface area contributed by atoms with E-state index >= 15 is 0 Å². The molecule has 1 aliphatic rings. The Morgan fingerprint density at radius 3 is 2.81 bits per heavy atom. The smallest absolute Gasteiger partial charge is 0.159 e. The Morgan fingerprint density at radius 1 is 1.27 bits per heavy atom. The van der Waals surface area contributed by atoms with Crippen LogP contribution in [0.25, 0.3) is 0 Å². The first kappa shape index (κ1) is 18.2. The van der Waals surface area contributed by atoms with Crippen LogP contribution in [0, 0.1) is 11.6 Å². The minimum Gasteiger partial charge on any atom is -0.370 e. The van der Waals surface area contributed by atoms with E-state index in [1.807, 2.05) is 19.9 Å². The lowest BCUT2D eigenvalue weighted by atomic mass is 9.94. The van der Waals surface area contributed by atoms with Crippen molar-refractivity contribution < 1.29 is 13.6 Å². The molecule has 1 aliphatic heterocycles. The van der Waals surface area contributed by atoms with E-state index in [2.05, 4.69) is 15.3 Å². The number of hydrogen-bond donors (Lipinski definition) is 1. The number of halogens is 2. The summed E-state index contributed by atoms with van der Waals surface area (Å²) >= 11 is 0. The molecule has 0 amide bonds. The van der Waals surface area contributed by atoms with Gasteiger partial charge in [-0.3, -0.25) is 14.8 Å². The van der Waals surface area contributed by atoms with Gasteiger partial charge in [-0.15, -0.1) is 0 Å². The molecule has 1 unspecified atom stereocenters. The minimum absolute atomic E-state index is 0.0144. The molecule has 1 aromatic carbocycles. The molecule has 0 saturated carbocycles. The van der Waals surface area contributed by atoms with Crippen molar-refractivity contribution >= 4 is 11.6 Å². The van der Waals surface area contributed by atoms with Crippen molar-refractivity contribution in [2.45, 2.75) is 39.2 Å². The maximum atomic E-state index is 13.4. The maximum absolute atomic E-state index is 13.4. The predicted molar refractivity (Wildman–Crippen MR) is 96.3 cm³/mol. The summed E-state index contributed by atoms with van der Waals surface area (Å²) in [5, 5.41) is 3.20. The molecule has 0 radical (unpaired) electrons. The molecule has 6 heteroatoms. The van der Waals surface area contributed by atoms with Gasteiger partial charge in [0.05, 0.1) is 6.54 Å². The Bertz CT molecular complexity index is 864. The average molecular weight is 357 g/mol. The molecule has 4 nitrogen and oxygen atoms in total. The largest absolute Gasteiger partial charge is 0.370 e. The van der Waals surface area contributed by atoms with Crippen molar-refractivity contribution in [2.75, 3.05) is 6.54 Å². The lowest BCUT2D eigenvalue weighted by molar-refractivity contribution is -0.118. The van der Waals surface area contributed by atoms with E-state index in [1.165, 1.54) is 6.07 Å². The topological polar surface area (TPSA) is 54.4 Å². The number of pyridine rings is 1. The quantitative estimate of drug-likeness (QED) is 0.860. The molecule has 0 aliphatic carbocycles. The van der Waals surface area contributed by atoms with Gasteiger partial charge in [-0.1, -0.05) is 13.0 Å². The Kier molecular flexibility index (Phi) is 5.40. The molecule has 0 bridgehead atoms. The van der Waals surface area contributed by atoms with Crippen molar-refractivity contribution in [1.82, 2.24) is 10.3 Å². The van der Waals surface area contributed by atoms with Crippen molar-refractivity contribution in [3.8, 4) is 0 Å². The fourth-order valence-corrected chi connectivity index (χ4v) is 3.11. The maximum Gasteiger partial charge on any atom is 0.159 e. The summed E-state index contributed by atoms with van der Waals surface area (Å²) in [5.41, 5.74) is 3.37. The van der Waals surface area contributed by atoms with Gasteiger partial charge in [0.15, 0.2) is 11.6 Å². The summed E-state index contributed by atoms with van der Waals surface area (Å²) in [6.07, 6.45) is 2.23. The Hall–Kier alpha value is -2.63. The van der Waals surface area contributed by atoms with Crippen molar-refractivity contribution in [1.29, 1.82) is 0 Å². The molecule has 1 N–H and O–H groups in total. The summed E-state index contributed by atoms with van der Waals surface area (Å²) in [4.78, 5) is 21.2. The third-order valence-electron chi connectivity index (χ3n) is 4.48. The van der Waals surface area contributed by atoms with Crippen LogP contribution in [0.4, 0.5) is 8.78 Å². The van der Waals surface area contributed by atoms with E-state index in [0.29, 0.717) is 17.8 Å². The van der Waals surface area contributed by atoms with Gasteiger partial charge in [0.1, 0.15) is 11.6 Å². The standard InChI is InChI=1S/C20H21F2N3O/c1-3-23-20-17-11-24-15(7-14(17)10-25-20)9-16(26)6-12(2)13-4-5-18(21)19(22)8-13/h4-5,7-8,11-12H,3,6,9-10H2,1-2H3,(H,23,25). The summed E-state index contributed by atoms with van der Waals surface area (Å²) in [7, 11) is 0. The van der Waals surface area contributed by atoms with E-state index in [1.54, 1.807) is 6.20 Å². The Morgan fingerprint density at radius 2 is 2.08 bits per heavy atom. The number of nitrogens with zero attached hydrogens (tertiary/aromatic N) is 2. The van der Waals surface area contributed by atoms with E-state index < -0.39 is 11.6 Å². The zero-order valence-corrected chi connectivity index (χ0v) is 14.9. The number of ketones is 1. The van der Waals surface area contributed by atoms with Crippen LogP contribution in [-0.2, 0) is 17.8 Å². The highest BCUT2D eigenvalue weighted by Crippen LogP contribution is 2.23. The van der Waals surface area contributed by atoms with E-state index in [-0.39, 0.29) is 24.5 Å². The van der Waals surface area contributed by atoms with Gasteiger partial charge in [0, 0.05) is 36.8 Å². The number of nitrogens with one attached hydrogen (secondary N) is 1. The number of hydrogen-bond acceptors (Lipinski definition) is 4. The third kappa shape index (κ3) is 3.95. The summed E-state index contributed by atoms with van der Waals surface area (Å²) in [5.74, 6) is -1.09. The normalized spacial score (nSPS) is 13.9. The van der Waals surface area contributed by atoms with Gasteiger partial charge in [-0.25, -0.2) is 8.78 Å². The number of fused-ring (bicyclic) bond motifs is 1. The number of aliphatic imine (C=N–C) groups is 1. The van der Waals surface area contributed by atoms with Crippen LogP contribution in [0.15, 0.2) is 35.5 Å². The first-order valence-corrected chi connectivity index (χ1v) is 8.71. The number of carbonyl (C=O) groups excluding carboxylic acids is 1. The van der Waals surface area contributed by atoms with Gasteiger partial charge in [0.2, 0.25) is 0 Å². The number of aromatic nitrogens is 1. The molecular weight excluding hydrogens is 336 g/mol. The fraction of sp³-hybridized carbons (Fsp3) is 0.350. The molecule has 2 heterocycles. The summed E-state index contributed by atoms with van der Waals surface area (Å²) < 4.78 is 26.4. The second kappa shape index (κ2) is 7.72. The second-order valence-electron chi connectivity index (χ2n) is 6.52. The third-order valence-corrected chi connectivity index (χ3v) is 4.48. The minimum atomic E-state index is -0.890. The van der Waals surface area contributed by atoms with Gasteiger partial charge in [-0.2, -0.15) is 0 Å². The number of benzene rings is 1.